The number of ether oxygens (including phenoxy) is 2. The lowest BCUT2D eigenvalue weighted by atomic mass is 9.90. The van der Waals surface area contributed by atoms with Crippen LogP contribution >= 0.6 is 0 Å². The topological polar surface area (TPSA) is 35.5 Å². The van der Waals surface area contributed by atoms with Gasteiger partial charge in [0.05, 0.1) is 18.1 Å². The van der Waals surface area contributed by atoms with E-state index < -0.39 is 5.41 Å². The average molecular weight is 202 g/mol. The highest BCUT2D eigenvalue weighted by Gasteiger charge is 2.28. The number of rotatable bonds is 4. The summed E-state index contributed by atoms with van der Waals surface area (Å²) in [5.41, 5.74) is -0.605. The lowest BCUT2D eigenvalue weighted by Crippen LogP contribution is -2.29. The molecule has 0 saturated carbocycles. The zero-order valence-electron chi connectivity index (χ0n) is 10.1. The molecule has 0 bridgehead atoms. The molecule has 0 rings (SSSR count). The third-order valence-corrected chi connectivity index (χ3v) is 2.00. The van der Waals surface area contributed by atoms with Crippen LogP contribution in [-0.4, -0.2) is 25.3 Å². The van der Waals surface area contributed by atoms with Gasteiger partial charge in [-0.2, -0.15) is 0 Å². The largest absolute Gasteiger partial charge is 0.469 e. The molecule has 0 saturated heterocycles. The summed E-state index contributed by atoms with van der Waals surface area (Å²) in [5.74, 6) is -0.185. The molecule has 0 spiro atoms. The first-order chi connectivity index (χ1) is 6.19. The molecular formula is C11H22O3. The van der Waals surface area contributed by atoms with Crippen LogP contribution in [0.15, 0.2) is 0 Å². The minimum Gasteiger partial charge on any atom is -0.469 e. The predicted molar refractivity (Wildman–Crippen MR) is 56.1 cm³/mol. The number of hydrogen-bond donors (Lipinski definition) is 0. The van der Waals surface area contributed by atoms with Crippen LogP contribution in [0.25, 0.3) is 0 Å². The summed E-state index contributed by atoms with van der Waals surface area (Å²) in [6, 6.07) is 0. The quantitative estimate of drug-likeness (QED) is 0.657. The van der Waals surface area contributed by atoms with E-state index in [0.717, 1.165) is 0 Å². The molecule has 0 amide bonds. The maximum atomic E-state index is 11.3. The first kappa shape index (κ1) is 13.4. The third-order valence-electron chi connectivity index (χ3n) is 2.00. The molecular weight excluding hydrogens is 180 g/mol. The van der Waals surface area contributed by atoms with E-state index in [0.29, 0.717) is 13.0 Å². The van der Waals surface area contributed by atoms with E-state index in [4.69, 9.17) is 9.47 Å². The number of hydrogen-bond acceptors (Lipinski definition) is 3. The van der Waals surface area contributed by atoms with Gasteiger partial charge in [-0.1, -0.05) is 0 Å². The summed E-state index contributed by atoms with van der Waals surface area (Å²) in [7, 11) is 1.41. The van der Waals surface area contributed by atoms with Crippen LogP contribution in [-0.2, 0) is 14.3 Å². The molecule has 0 fully saturated rings. The molecule has 0 radical (unpaired) electrons. The molecule has 0 aliphatic carbocycles. The van der Waals surface area contributed by atoms with Crippen molar-refractivity contribution < 1.29 is 14.3 Å². The van der Waals surface area contributed by atoms with Crippen LogP contribution in [0, 0.1) is 5.41 Å². The zero-order chi connectivity index (χ0) is 11.4. The van der Waals surface area contributed by atoms with Crippen molar-refractivity contribution in [2.24, 2.45) is 5.41 Å². The summed E-state index contributed by atoms with van der Waals surface area (Å²) in [5, 5.41) is 0. The second-order valence-corrected chi connectivity index (χ2v) is 5.09. The lowest BCUT2D eigenvalue weighted by Gasteiger charge is -2.25. The summed E-state index contributed by atoms with van der Waals surface area (Å²) in [6.07, 6.45) is 0.678. The fourth-order valence-corrected chi connectivity index (χ4v) is 0.991. The van der Waals surface area contributed by atoms with Gasteiger partial charge in [0, 0.05) is 6.61 Å². The zero-order valence-corrected chi connectivity index (χ0v) is 10.1. The van der Waals surface area contributed by atoms with Crippen molar-refractivity contribution in [3.63, 3.8) is 0 Å². The second-order valence-electron chi connectivity index (χ2n) is 5.09. The van der Waals surface area contributed by atoms with Gasteiger partial charge in [0.1, 0.15) is 0 Å². The van der Waals surface area contributed by atoms with Crippen molar-refractivity contribution in [2.45, 2.75) is 46.6 Å². The Balaban J connectivity index is 3.94. The number of esters is 1. The molecule has 0 heterocycles. The summed E-state index contributed by atoms with van der Waals surface area (Å²) >= 11 is 0. The Labute approximate surface area is 86.8 Å². The van der Waals surface area contributed by atoms with Crippen LogP contribution in [0.2, 0.25) is 0 Å². The first-order valence-electron chi connectivity index (χ1n) is 4.91. The highest BCUT2D eigenvalue weighted by molar-refractivity contribution is 5.75. The van der Waals surface area contributed by atoms with E-state index in [1.165, 1.54) is 7.11 Å². The van der Waals surface area contributed by atoms with E-state index in [2.05, 4.69) is 0 Å². The van der Waals surface area contributed by atoms with Gasteiger partial charge in [0.25, 0.3) is 0 Å². The van der Waals surface area contributed by atoms with Gasteiger partial charge in [-0.15, -0.1) is 0 Å². The van der Waals surface area contributed by atoms with Crippen LogP contribution in [0.5, 0.6) is 0 Å². The van der Waals surface area contributed by atoms with Crippen LogP contribution < -0.4 is 0 Å². The SMILES string of the molecule is COC(=O)C(C)(C)CCOC(C)(C)C. The number of methoxy groups -OCH3 is 1. The van der Waals surface area contributed by atoms with Gasteiger partial charge in [-0.3, -0.25) is 4.79 Å². The van der Waals surface area contributed by atoms with Crippen molar-refractivity contribution in [3.8, 4) is 0 Å². The monoisotopic (exact) mass is 202 g/mol. The maximum absolute atomic E-state index is 11.3. The lowest BCUT2D eigenvalue weighted by molar-refractivity contribution is -0.152. The van der Waals surface area contributed by atoms with Crippen LogP contribution in [0.3, 0.4) is 0 Å². The molecule has 0 aromatic rings. The molecule has 0 aliphatic heterocycles. The summed E-state index contributed by atoms with van der Waals surface area (Å²) in [4.78, 5) is 11.3. The molecule has 0 aliphatic rings. The fourth-order valence-electron chi connectivity index (χ4n) is 0.991. The molecule has 0 atom stereocenters. The van der Waals surface area contributed by atoms with E-state index in [-0.39, 0.29) is 11.6 Å². The van der Waals surface area contributed by atoms with Crippen molar-refractivity contribution in [3.05, 3.63) is 0 Å². The van der Waals surface area contributed by atoms with Gasteiger partial charge < -0.3 is 9.47 Å². The molecule has 0 unspecified atom stereocenters. The Hall–Kier alpha value is -0.570. The first-order valence-corrected chi connectivity index (χ1v) is 4.91. The fraction of sp³-hybridized carbons (Fsp3) is 0.909. The van der Waals surface area contributed by atoms with Crippen molar-refractivity contribution >= 4 is 5.97 Å². The van der Waals surface area contributed by atoms with Crippen molar-refractivity contribution in [1.29, 1.82) is 0 Å². The molecule has 3 nitrogen and oxygen atoms in total. The molecule has 14 heavy (non-hydrogen) atoms. The highest BCUT2D eigenvalue weighted by Crippen LogP contribution is 2.23. The number of carbonyl (C=O) groups excluding carboxylic acids is 1. The summed E-state index contributed by atoms with van der Waals surface area (Å²) < 4.78 is 10.3. The highest BCUT2D eigenvalue weighted by atomic mass is 16.5. The maximum Gasteiger partial charge on any atom is 0.311 e. The predicted octanol–water partition coefficient (Wildman–Crippen LogP) is 2.39. The molecule has 0 aromatic carbocycles. The Morgan fingerprint density at radius 2 is 1.64 bits per heavy atom. The normalized spacial score (nSPS) is 12.7. The Kier molecular flexibility index (Phi) is 4.59. The van der Waals surface area contributed by atoms with E-state index >= 15 is 0 Å². The van der Waals surface area contributed by atoms with Gasteiger partial charge >= 0.3 is 5.97 Å². The molecule has 84 valence electrons. The average Bonchev–Trinajstić information content (AvgIpc) is 2.00. The Bertz CT molecular complexity index is 189. The third kappa shape index (κ3) is 5.22. The number of carbonyl (C=O) groups is 1. The molecule has 0 N–H and O–H groups in total. The second kappa shape index (κ2) is 4.78. The minimum absolute atomic E-state index is 0.147. The van der Waals surface area contributed by atoms with Gasteiger partial charge in [-0.05, 0) is 41.0 Å². The van der Waals surface area contributed by atoms with E-state index in [1.54, 1.807) is 0 Å². The van der Waals surface area contributed by atoms with Gasteiger partial charge in [0.15, 0.2) is 0 Å². The minimum atomic E-state index is -0.458. The van der Waals surface area contributed by atoms with Gasteiger partial charge in [0.2, 0.25) is 0 Å². The van der Waals surface area contributed by atoms with Crippen LogP contribution in [0.4, 0.5) is 0 Å². The molecule has 3 heteroatoms. The Morgan fingerprint density at radius 3 is 2.00 bits per heavy atom. The van der Waals surface area contributed by atoms with E-state index in [1.807, 2.05) is 34.6 Å². The van der Waals surface area contributed by atoms with Crippen molar-refractivity contribution in [2.75, 3.05) is 13.7 Å². The van der Waals surface area contributed by atoms with Crippen LogP contribution in [0.1, 0.15) is 41.0 Å². The van der Waals surface area contributed by atoms with Gasteiger partial charge in [-0.25, -0.2) is 0 Å². The van der Waals surface area contributed by atoms with Crippen molar-refractivity contribution in [1.82, 2.24) is 0 Å². The summed E-state index contributed by atoms with van der Waals surface area (Å²) in [6.45, 7) is 10.3. The standard InChI is InChI=1S/C11H22O3/c1-10(2,3)14-8-7-11(4,5)9(12)13-6/h7-8H2,1-6H3. The molecule has 0 aromatic heterocycles. The smallest absolute Gasteiger partial charge is 0.311 e. The van der Waals surface area contributed by atoms with E-state index in [9.17, 15) is 4.79 Å². The Morgan fingerprint density at radius 1 is 1.14 bits per heavy atom.